The van der Waals surface area contributed by atoms with Crippen LogP contribution in [0.5, 0.6) is 0 Å². The van der Waals surface area contributed by atoms with Gasteiger partial charge in [-0.2, -0.15) is 0 Å². The molecule has 1 saturated carbocycles. The van der Waals surface area contributed by atoms with E-state index in [4.69, 9.17) is 5.73 Å². The zero-order valence-electron chi connectivity index (χ0n) is 10.9. The average molecular weight is 233 g/mol. The number of aryl methyl sites for hydroxylation is 1. The number of rotatable bonds is 3. The highest BCUT2D eigenvalue weighted by Crippen LogP contribution is 2.28. The van der Waals surface area contributed by atoms with Gasteiger partial charge in [0.05, 0.1) is 11.9 Å². The third-order valence-electron chi connectivity index (χ3n) is 3.88. The summed E-state index contributed by atoms with van der Waals surface area (Å²) in [6.45, 7) is 4.29. The van der Waals surface area contributed by atoms with E-state index in [-0.39, 0.29) is 0 Å². The van der Waals surface area contributed by atoms with Crippen molar-refractivity contribution in [2.24, 2.45) is 5.92 Å². The lowest BCUT2D eigenvalue weighted by atomic mass is 9.84. The normalized spacial score (nSPS) is 18.9. The topological polar surface area (TPSA) is 50.9 Å². The maximum Gasteiger partial charge on any atom is 0.126 e. The number of anilines is 2. The van der Waals surface area contributed by atoms with Crippen molar-refractivity contribution >= 4 is 11.5 Å². The van der Waals surface area contributed by atoms with Crippen molar-refractivity contribution in [3.8, 4) is 0 Å². The summed E-state index contributed by atoms with van der Waals surface area (Å²) in [4.78, 5) is 4.34. The van der Waals surface area contributed by atoms with Gasteiger partial charge >= 0.3 is 0 Å². The number of nitrogens with one attached hydrogen (secondary N) is 1. The number of aromatic nitrogens is 1. The Morgan fingerprint density at radius 3 is 2.71 bits per heavy atom. The molecule has 0 saturated heterocycles. The van der Waals surface area contributed by atoms with Crippen molar-refractivity contribution in [3.05, 3.63) is 17.8 Å². The second-order valence-electron chi connectivity index (χ2n) is 5.26. The molecule has 0 radical (unpaired) electrons. The molecule has 1 atom stereocenters. The summed E-state index contributed by atoms with van der Waals surface area (Å²) < 4.78 is 0. The van der Waals surface area contributed by atoms with Crippen LogP contribution in [0.15, 0.2) is 12.3 Å². The Balaban J connectivity index is 1.96. The molecule has 0 amide bonds. The number of hydrogen-bond donors (Lipinski definition) is 2. The van der Waals surface area contributed by atoms with Crippen LogP contribution in [0.3, 0.4) is 0 Å². The van der Waals surface area contributed by atoms with E-state index in [1.54, 1.807) is 6.20 Å². The monoisotopic (exact) mass is 233 g/mol. The van der Waals surface area contributed by atoms with Crippen LogP contribution < -0.4 is 11.1 Å². The van der Waals surface area contributed by atoms with Crippen LogP contribution in [0.2, 0.25) is 0 Å². The van der Waals surface area contributed by atoms with Gasteiger partial charge in [-0.3, -0.25) is 0 Å². The minimum atomic E-state index is 0.505. The van der Waals surface area contributed by atoms with E-state index in [0.717, 1.165) is 23.0 Å². The van der Waals surface area contributed by atoms with Gasteiger partial charge in [0, 0.05) is 6.04 Å². The third-order valence-corrected chi connectivity index (χ3v) is 3.88. The Morgan fingerprint density at radius 1 is 1.35 bits per heavy atom. The van der Waals surface area contributed by atoms with Crippen LogP contribution in [0.25, 0.3) is 0 Å². The van der Waals surface area contributed by atoms with Gasteiger partial charge in [-0.25, -0.2) is 4.98 Å². The molecule has 3 nitrogen and oxygen atoms in total. The Kier molecular flexibility index (Phi) is 3.87. The molecule has 3 heteroatoms. The van der Waals surface area contributed by atoms with Gasteiger partial charge in [0.25, 0.3) is 0 Å². The van der Waals surface area contributed by atoms with Crippen LogP contribution in [-0.4, -0.2) is 11.0 Å². The molecule has 2 rings (SSSR count). The molecule has 0 aromatic carbocycles. The first-order chi connectivity index (χ1) is 8.16. The van der Waals surface area contributed by atoms with Gasteiger partial charge in [0.2, 0.25) is 0 Å². The quantitative estimate of drug-likeness (QED) is 0.841. The molecule has 1 unspecified atom stereocenters. The van der Waals surface area contributed by atoms with Crippen molar-refractivity contribution in [3.63, 3.8) is 0 Å². The summed E-state index contributed by atoms with van der Waals surface area (Å²) in [5.74, 6) is 1.75. The molecular weight excluding hydrogens is 210 g/mol. The first kappa shape index (κ1) is 12.2. The van der Waals surface area contributed by atoms with Crippen molar-refractivity contribution in [2.45, 2.75) is 52.0 Å². The maximum absolute atomic E-state index is 5.77. The van der Waals surface area contributed by atoms with Crippen LogP contribution in [0, 0.1) is 12.8 Å². The Labute approximate surface area is 104 Å². The Bertz CT molecular complexity index is 370. The predicted molar refractivity (Wildman–Crippen MR) is 73.0 cm³/mol. The van der Waals surface area contributed by atoms with E-state index in [1.165, 1.54) is 32.1 Å². The Morgan fingerprint density at radius 2 is 2.06 bits per heavy atom. The first-order valence-electron chi connectivity index (χ1n) is 6.65. The molecule has 0 aliphatic heterocycles. The van der Waals surface area contributed by atoms with E-state index in [2.05, 4.69) is 17.2 Å². The fourth-order valence-corrected chi connectivity index (χ4v) is 2.63. The maximum atomic E-state index is 5.77. The second kappa shape index (κ2) is 5.39. The van der Waals surface area contributed by atoms with E-state index in [0.29, 0.717) is 6.04 Å². The molecule has 1 heterocycles. The Hall–Kier alpha value is -1.25. The van der Waals surface area contributed by atoms with Gasteiger partial charge in [0.1, 0.15) is 5.82 Å². The summed E-state index contributed by atoms with van der Waals surface area (Å²) in [7, 11) is 0. The van der Waals surface area contributed by atoms with Crippen LogP contribution in [-0.2, 0) is 0 Å². The fraction of sp³-hybridized carbons (Fsp3) is 0.643. The van der Waals surface area contributed by atoms with Gasteiger partial charge < -0.3 is 11.1 Å². The molecule has 1 aromatic heterocycles. The summed E-state index contributed by atoms with van der Waals surface area (Å²) in [5.41, 5.74) is 7.63. The highest BCUT2D eigenvalue weighted by molar-refractivity contribution is 5.51. The smallest absolute Gasteiger partial charge is 0.126 e. The number of nitrogen functional groups attached to an aromatic ring is 1. The zero-order valence-corrected chi connectivity index (χ0v) is 10.9. The van der Waals surface area contributed by atoms with Gasteiger partial charge in [-0.1, -0.05) is 19.3 Å². The van der Waals surface area contributed by atoms with Crippen LogP contribution >= 0.6 is 0 Å². The van der Waals surface area contributed by atoms with E-state index in [9.17, 15) is 0 Å². The molecule has 3 N–H and O–H groups in total. The average Bonchev–Trinajstić information content (AvgIpc) is 2.35. The molecule has 1 aliphatic rings. The lowest BCUT2D eigenvalue weighted by Crippen LogP contribution is -2.28. The highest BCUT2D eigenvalue weighted by Gasteiger charge is 2.20. The fourth-order valence-electron chi connectivity index (χ4n) is 2.63. The third kappa shape index (κ3) is 3.11. The van der Waals surface area contributed by atoms with Crippen LogP contribution in [0.4, 0.5) is 11.5 Å². The zero-order chi connectivity index (χ0) is 12.3. The van der Waals surface area contributed by atoms with Crippen molar-refractivity contribution in [2.75, 3.05) is 11.1 Å². The largest absolute Gasteiger partial charge is 0.397 e. The van der Waals surface area contributed by atoms with Crippen molar-refractivity contribution in [1.82, 2.24) is 4.98 Å². The molecule has 17 heavy (non-hydrogen) atoms. The lowest BCUT2D eigenvalue weighted by Gasteiger charge is -2.28. The summed E-state index contributed by atoms with van der Waals surface area (Å²) in [6, 6.07) is 2.54. The molecule has 0 bridgehead atoms. The molecule has 1 fully saturated rings. The summed E-state index contributed by atoms with van der Waals surface area (Å²) in [5, 5.41) is 3.51. The number of nitrogens with zero attached hydrogens (tertiary/aromatic N) is 1. The predicted octanol–water partition coefficient (Wildman–Crippen LogP) is 3.35. The van der Waals surface area contributed by atoms with Crippen LogP contribution in [0.1, 0.15) is 44.6 Å². The van der Waals surface area contributed by atoms with Crippen molar-refractivity contribution < 1.29 is 0 Å². The lowest BCUT2D eigenvalue weighted by molar-refractivity contribution is 0.328. The number of pyridine rings is 1. The molecule has 1 aromatic rings. The van der Waals surface area contributed by atoms with E-state index < -0.39 is 0 Å². The van der Waals surface area contributed by atoms with E-state index >= 15 is 0 Å². The SMILES string of the molecule is Cc1cc(NC(C)C2CCCCC2)ncc1N. The van der Waals surface area contributed by atoms with E-state index in [1.807, 2.05) is 13.0 Å². The molecule has 1 aliphatic carbocycles. The first-order valence-corrected chi connectivity index (χ1v) is 6.65. The van der Waals surface area contributed by atoms with Gasteiger partial charge in [-0.05, 0) is 44.2 Å². The molecular formula is C14H23N3. The van der Waals surface area contributed by atoms with Gasteiger partial charge in [0.15, 0.2) is 0 Å². The minimum Gasteiger partial charge on any atom is -0.397 e. The second-order valence-corrected chi connectivity index (χ2v) is 5.26. The number of hydrogen-bond acceptors (Lipinski definition) is 3. The summed E-state index contributed by atoms with van der Waals surface area (Å²) in [6.07, 6.45) is 8.60. The van der Waals surface area contributed by atoms with Crippen molar-refractivity contribution in [1.29, 1.82) is 0 Å². The minimum absolute atomic E-state index is 0.505. The highest BCUT2D eigenvalue weighted by atomic mass is 15.0. The molecule has 0 spiro atoms. The molecule has 94 valence electrons. The summed E-state index contributed by atoms with van der Waals surface area (Å²) >= 11 is 0. The standard InChI is InChI=1S/C14H23N3/c1-10-8-14(16-9-13(10)15)17-11(2)12-6-4-3-5-7-12/h8-9,11-12H,3-7,15H2,1-2H3,(H,16,17). The number of nitrogens with two attached hydrogens (primary N) is 1. The van der Waals surface area contributed by atoms with Gasteiger partial charge in [-0.15, -0.1) is 0 Å².